The second-order valence-corrected chi connectivity index (χ2v) is 20.8. The van der Waals surface area contributed by atoms with E-state index in [-0.39, 0.29) is 25.7 Å². The average molecular weight is 1020 g/mol. The molecule has 0 radical (unpaired) electrons. The van der Waals surface area contributed by atoms with Crippen molar-refractivity contribution >= 4 is 39.5 Å². The van der Waals surface area contributed by atoms with Gasteiger partial charge in [0.05, 0.1) is 26.4 Å². The van der Waals surface area contributed by atoms with Crippen molar-refractivity contribution in [2.45, 2.75) is 251 Å². The van der Waals surface area contributed by atoms with E-state index in [0.29, 0.717) is 25.7 Å². The van der Waals surface area contributed by atoms with Crippen molar-refractivity contribution in [2.24, 2.45) is 0 Å². The van der Waals surface area contributed by atoms with Crippen LogP contribution >= 0.6 is 15.6 Å². The number of ether oxygens (including phenoxy) is 4. The van der Waals surface area contributed by atoms with Gasteiger partial charge < -0.3 is 33.8 Å². The number of hydrogen-bond acceptors (Lipinski definition) is 15. The van der Waals surface area contributed by atoms with Gasteiger partial charge in [-0.25, -0.2) is 9.13 Å². The summed E-state index contributed by atoms with van der Waals surface area (Å²) in [5, 5.41) is 10.4. The van der Waals surface area contributed by atoms with Gasteiger partial charge in [-0.15, -0.1) is 0 Å². The number of rotatable bonds is 50. The summed E-state index contributed by atoms with van der Waals surface area (Å²) in [5.74, 6) is -2.18. The second-order valence-electron chi connectivity index (χ2n) is 17.8. The maximum atomic E-state index is 12.8. The molecule has 0 aliphatic carbocycles. The van der Waals surface area contributed by atoms with Crippen molar-refractivity contribution in [2.75, 3.05) is 39.6 Å². The van der Waals surface area contributed by atoms with Crippen LogP contribution in [0, 0.1) is 0 Å². The summed E-state index contributed by atoms with van der Waals surface area (Å²) in [4.78, 5) is 70.9. The van der Waals surface area contributed by atoms with Gasteiger partial charge in [-0.1, -0.05) is 182 Å². The molecule has 0 aromatic heterocycles. The number of phosphoric acid groups is 2. The van der Waals surface area contributed by atoms with E-state index in [4.69, 9.17) is 37.0 Å². The predicted molar refractivity (Wildman–Crippen MR) is 262 cm³/mol. The molecule has 0 aliphatic heterocycles. The lowest BCUT2D eigenvalue weighted by Crippen LogP contribution is -2.30. The first kappa shape index (κ1) is 66.1. The second kappa shape index (κ2) is 45.0. The van der Waals surface area contributed by atoms with E-state index in [2.05, 4.69) is 20.8 Å². The number of esters is 4. The lowest BCUT2D eigenvalue weighted by atomic mass is 10.1. The number of aliphatic hydroxyl groups is 1. The van der Waals surface area contributed by atoms with E-state index in [0.717, 1.165) is 109 Å². The highest BCUT2D eigenvalue weighted by Gasteiger charge is 2.30. The number of aliphatic hydroxyl groups excluding tert-OH is 1. The molecule has 0 spiro atoms. The number of carbonyl (C=O) groups excluding carboxylic acids is 4. The minimum Gasteiger partial charge on any atom is -0.462 e. The third kappa shape index (κ3) is 44.0. The Labute approximate surface area is 409 Å². The largest absolute Gasteiger partial charge is 0.472 e. The normalized spacial score (nSPS) is 14.6. The maximum Gasteiger partial charge on any atom is 0.472 e. The van der Waals surface area contributed by atoms with Crippen molar-refractivity contribution in [1.82, 2.24) is 0 Å². The van der Waals surface area contributed by atoms with Gasteiger partial charge in [-0.3, -0.25) is 37.3 Å². The maximum absolute atomic E-state index is 12.8. The predicted octanol–water partition coefficient (Wildman–Crippen LogP) is 12.1. The SMILES string of the molecule is CCCCCCCCCCCC(=O)O[C@H](COC(=O)CCCCCCCCC)COP(=O)(O)OC[C@H](O)COP(=O)(O)OC[C@@H](COC(=O)CCCCCC)OC(=O)CCCCCCCCCC. The van der Waals surface area contributed by atoms with E-state index in [1.165, 1.54) is 44.9 Å². The van der Waals surface area contributed by atoms with E-state index in [1.54, 1.807) is 0 Å². The molecule has 5 atom stereocenters. The average Bonchev–Trinajstić information content (AvgIpc) is 3.30. The van der Waals surface area contributed by atoms with Gasteiger partial charge in [-0.05, 0) is 25.7 Å². The van der Waals surface area contributed by atoms with Gasteiger partial charge in [0.15, 0.2) is 12.2 Å². The number of hydrogen-bond donors (Lipinski definition) is 3. The molecule has 0 aromatic rings. The lowest BCUT2D eigenvalue weighted by Gasteiger charge is -2.21. The Morgan fingerprint density at radius 3 is 0.882 bits per heavy atom. The molecule has 17 nitrogen and oxygen atoms in total. The van der Waals surface area contributed by atoms with Gasteiger partial charge in [0, 0.05) is 25.7 Å². The Kier molecular flexibility index (Phi) is 43.7. The molecule has 0 saturated carbocycles. The molecule has 0 aromatic carbocycles. The Morgan fingerprint density at radius 2 is 0.588 bits per heavy atom. The van der Waals surface area contributed by atoms with Crippen LogP contribution in [0.15, 0.2) is 0 Å². The van der Waals surface area contributed by atoms with Crippen LogP contribution in [0.3, 0.4) is 0 Å². The first-order valence-corrected chi connectivity index (χ1v) is 29.3. The van der Waals surface area contributed by atoms with Crippen LogP contribution < -0.4 is 0 Å². The van der Waals surface area contributed by atoms with E-state index in [9.17, 15) is 43.2 Å². The highest BCUT2D eigenvalue weighted by molar-refractivity contribution is 7.47. The number of phosphoric ester groups is 2. The van der Waals surface area contributed by atoms with Crippen molar-refractivity contribution in [3.05, 3.63) is 0 Å². The number of unbranched alkanes of at least 4 members (excludes halogenated alkanes) is 24. The molecule has 3 N–H and O–H groups in total. The molecule has 0 heterocycles. The summed E-state index contributed by atoms with van der Waals surface area (Å²) in [7, 11) is -9.83. The van der Waals surface area contributed by atoms with Gasteiger partial charge in [0.2, 0.25) is 0 Å². The molecular formula is C49H94O17P2. The van der Waals surface area contributed by atoms with Crippen LogP contribution in [-0.2, 0) is 65.4 Å². The summed E-state index contributed by atoms with van der Waals surface area (Å²) in [6, 6.07) is 0. The highest BCUT2D eigenvalue weighted by atomic mass is 31.2. The first-order chi connectivity index (χ1) is 32.7. The van der Waals surface area contributed by atoms with Crippen LogP contribution in [0.5, 0.6) is 0 Å². The minimum absolute atomic E-state index is 0.104. The highest BCUT2D eigenvalue weighted by Crippen LogP contribution is 2.45. The minimum atomic E-state index is -4.92. The molecule has 0 rings (SSSR count). The fourth-order valence-electron chi connectivity index (χ4n) is 6.98. The van der Waals surface area contributed by atoms with Crippen LogP contribution in [0.25, 0.3) is 0 Å². The first-order valence-electron chi connectivity index (χ1n) is 26.3. The topological polar surface area (TPSA) is 237 Å². The Balaban J connectivity index is 5.15. The van der Waals surface area contributed by atoms with Crippen molar-refractivity contribution in [3.63, 3.8) is 0 Å². The monoisotopic (exact) mass is 1020 g/mol. The fourth-order valence-corrected chi connectivity index (χ4v) is 8.56. The lowest BCUT2D eigenvalue weighted by molar-refractivity contribution is -0.161. The Morgan fingerprint density at radius 1 is 0.353 bits per heavy atom. The molecule has 0 bridgehead atoms. The van der Waals surface area contributed by atoms with Gasteiger partial charge in [0.1, 0.15) is 19.3 Å². The van der Waals surface area contributed by atoms with Gasteiger partial charge in [0.25, 0.3) is 0 Å². The van der Waals surface area contributed by atoms with Crippen LogP contribution in [-0.4, -0.2) is 96.7 Å². The zero-order valence-corrected chi connectivity index (χ0v) is 44.3. The standard InChI is InChI=1S/C49H94O17P2/c1-5-9-13-17-20-22-25-28-32-36-49(54)66-45(40-60-47(52)34-30-26-23-19-15-11-7-3)42-64-68(57,58)62-38-43(50)37-61-67(55,56)63-41-44(39-59-46(51)33-29-16-12-8-4)65-48(53)35-31-27-24-21-18-14-10-6-2/h43-45,50H,5-42H2,1-4H3,(H,55,56)(H,57,58)/t43-,44-,45-/m1/s1. The van der Waals surface area contributed by atoms with Crippen molar-refractivity contribution in [1.29, 1.82) is 0 Å². The number of carbonyl (C=O) groups is 4. The third-order valence-electron chi connectivity index (χ3n) is 11.1. The molecule has 0 aliphatic rings. The zero-order chi connectivity index (χ0) is 50.6. The quantitative estimate of drug-likeness (QED) is 0.0222. The third-order valence-corrected chi connectivity index (χ3v) is 13.0. The van der Waals surface area contributed by atoms with Crippen molar-refractivity contribution in [3.8, 4) is 0 Å². The molecule has 0 amide bonds. The summed E-state index contributed by atoms with van der Waals surface area (Å²) in [5.41, 5.74) is 0. The molecule has 68 heavy (non-hydrogen) atoms. The van der Waals surface area contributed by atoms with Crippen molar-refractivity contribution < 1.29 is 80.2 Å². The molecule has 0 fully saturated rings. The van der Waals surface area contributed by atoms with E-state index >= 15 is 0 Å². The molecule has 19 heteroatoms. The smallest absolute Gasteiger partial charge is 0.462 e. The van der Waals surface area contributed by atoms with Gasteiger partial charge >= 0.3 is 39.5 Å². The van der Waals surface area contributed by atoms with E-state index < -0.39 is 97.5 Å². The summed E-state index contributed by atoms with van der Waals surface area (Å²) in [6.07, 6.45) is 24.6. The zero-order valence-electron chi connectivity index (χ0n) is 42.6. The Bertz CT molecular complexity index is 1350. The van der Waals surface area contributed by atoms with Crippen LogP contribution in [0.1, 0.15) is 233 Å². The molecular weight excluding hydrogens is 922 g/mol. The fraction of sp³-hybridized carbons (Fsp3) is 0.918. The molecule has 0 saturated heterocycles. The summed E-state index contributed by atoms with van der Waals surface area (Å²) < 4.78 is 66.9. The molecule has 402 valence electrons. The van der Waals surface area contributed by atoms with E-state index in [1.807, 2.05) is 6.92 Å². The summed E-state index contributed by atoms with van der Waals surface area (Å²) in [6.45, 7) is 4.56. The van der Waals surface area contributed by atoms with Crippen LogP contribution in [0.4, 0.5) is 0 Å². The van der Waals surface area contributed by atoms with Gasteiger partial charge in [-0.2, -0.15) is 0 Å². The Hall–Kier alpha value is -1.94. The summed E-state index contributed by atoms with van der Waals surface area (Å²) >= 11 is 0. The van der Waals surface area contributed by atoms with Crippen LogP contribution in [0.2, 0.25) is 0 Å². The molecule has 2 unspecified atom stereocenters.